The molecule has 2 aromatic carbocycles. The average Bonchev–Trinajstić information content (AvgIpc) is 3.88. The molecule has 2 fully saturated rings. The summed E-state index contributed by atoms with van der Waals surface area (Å²) in [5.41, 5.74) is 6.15. The maximum atomic E-state index is 11.2. The summed E-state index contributed by atoms with van der Waals surface area (Å²) in [6, 6.07) is 16.1. The van der Waals surface area contributed by atoms with Crippen LogP contribution in [0.4, 0.5) is 23.3 Å². The molecule has 2 aliphatic carbocycles. The van der Waals surface area contributed by atoms with E-state index in [4.69, 9.17) is 0 Å². The Bertz CT molecular complexity index is 2350. The number of benzene rings is 2. The van der Waals surface area contributed by atoms with Crippen LogP contribution in [-0.2, 0) is 22.4 Å². The van der Waals surface area contributed by atoms with E-state index in [0.29, 0.717) is 76.1 Å². The minimum Gasteiger partial charge on any atom is -0.481 e. The highest BCUT2D eigenvalue weighted by Crippen LogP contribution is 2.39. The molecule has 0 saturated heterocycles. The van der Waals surface area contributed by atoms with Crippen molar-refractivity contribution in [2.45, 2.75) is 103 Å². The highest BCUT2D eigenvalue weighted by atomic mass is 32.1. The third kappa shape index (κ3) is 11.8. The van der Waals surface area contributed by atoms with E-state index >= 15 is 0 Å². The van der Waals surface area contributed by atoms with Gasteiger partial charge in [0, 0.05) is 60.4 Å². The Morgan fingerprint density at radius 2 is 1.00 bits per heavy atom. The van der Waals surface area contributed by atoms with Gasteiger partial charge in [-0.3, -0.25) is 9.59 Å². The van der Waals surface area contributed by atoms with E-state index in [1.54, 1.807) is 35.1 Å². The van der Waals surface area contributed by atoms with Crippen molar-refractivity contribution in [2.24, 2.45) is 11.8 Å². The fraction of sp³-hybridized carbons (Fsp3) is 0.391. The Kier molecular flexibility index (Phi) is 13.7. The van der Waals surface area contributed by atoms with Gasteiger partial charge >= 0.3 is 11.9 Å². The highest BCUT2D eigenvalue weighted by molar-refractivity contribution is 7.15. The number of anilines is 4. The molecule has 62 heavy (non-hydrogen) atoms. The van der Waals surface area contributed by atoms with Crippen molar-refractivity contribution in [1.82, 2.24) is 29.9 Å². The second kappa shape index (κ2) is 19.2. The number of aliphatic hydroxyl groups is 2. The summed E-state index contributed by atoms with van der Waals surface area (Å²) in [6.45, 7) is 7.93. The zero-order chi connectivity index (χ0) is 44.0. The number of aliphatic carboxylic acids is 2. The quantitative estimate of drug-likeness (QED) is 0.0677. The second-order valence-electron chi connectivity index (χ2n) is 16.7. The van der Waals surface area contributed by atoms with E-state index in [9.17, 15) is 30.0 Å². The van der Waals surface area contributed by atoms with E-state index < -0.39 is 23.1 Å². The smallest absolute Gasteiger partial charge is 0.306 e. The van der Waals surface area contributed by atoms with Gasteiger partial charge in [0.25, 0.3) is 0 Å². The minimum absolute atomic E-state index is 0.345. The molecule has 0 aliphatic heterocycles. The van der Waals surface area contributed by atoms with Crippen molar-refractivity contribution in [3.8, 4) is 20.9 Å². The van der Waals surface area contributed by atoms with E-state index in [2.05, 4.69) is 52.7 Å². The first-order valence-corrected chi connectivity index (χ1v) is 22.4. The molecule has 0 radical (unpaired) electrons. The van der Waals surface area contributed by atoms with Gasteiger partial charge in [0.15, 0.2) is 0 Å². The first-order valence-electron chi connectivity index (χ1n) is 20.8. The summed E-state index contributed by atoms with van der Waals surface area (Å²) < 4.78 is 0. The largest absolute Gasteiger partial charge is 0.481 e. The minimum atomic E-state index is -0.872. The van der Waals surface area contributed by atoms with Crippen LogP contribution in [0.3, 0.4) is 0 Å². The lowest BCUT2D eigenvalue weighted by molar-refractivity contribution is -0.145. The number of carbonyl (C=O) groups is 2. The Morgan fingerprint density at radius 1 is 0.613 bits per heavy atom. The predicted molar refractivity (Wildman–Crippen MR) is 241 cm³/mol. The molecule has 2 aliphatic rings. The molecule has 324 valence electrons. The van der Waals surface area contributed by atoms with Crippen LogP contribution in [0.25, 0.3) is 20.9 Å². The normalized spacial score (nSPS) is 21.1. The Balaban J connectivity index is 0.000000186. The molecule has 8 rings (SSSR count). The summed E-state index contributed by atoms with van der Waals surface area (Å²) in [7, 11) is 0. The first kappa shape index (κ1) is 44.4. The van der Waals surface area contributed by atoms with E-state index in [1.807, 2.05) is 76.5 Å². The average molecular weight is 877 g/mol. The maximum absolute atomic E-state index is 11.2. The summed E-state index contributed by atoms with van der Waals surface area (Å²) >= 11 is 3.13. The van der Waals surface area contributed by atoms with Gasteiger partial charge in [0.05, 0.1) is 42.8 Å². The van der Waals surface area contributed by atoms with Crippen LogP contribution in [0, 0.1) is 39.5 Å². The van der Waals surface area contributed by atoms with Crippen LogP contribution in [0.2, 0.25) is 0 Å². The van der Waals surface area contributed by atoms with Crippen molar-refractivity contribution in [1.29, 1.82) is 0 Å². The number of carboxylic acid groups (broad SMARTS) is 2. The van der Waals surface area contributed by atoms with Crippen molar-refractivity contribution in [3.05, 3.63) is 106 Å². The van der Waals surface area contributed by atoms with Gasteiger partial charge in [-0.15, -0.1) is 22.7 Å². The van der Waals surface area contributed by atoms with Gasteiger partial charge in [-0.1, -0.05) is 12.1 Å². The third-order valence-corrected chi connectivity index (χ3v) is 13.5. The van der Waals surface area contributed by atoms with Gasteiger partial charge in [0.1, 0.15) is 0 Å². The molecule has 0 atom stereocenters. The summed E-state index contributed by atoms with van der Waals surface area (Å²) in [5, 5.41) is 48.5. The SMILES string of the molecule is Cc1cc(Nc2nccc(C)n2)cc(-c2cnc(CC3(O)CCC(C(=O)O)CC3)s2)c1.Cc1cc(Nc2nccc(C)n2)cc(-c2cnc(CC3(O)CCC(C(=O)O)CC3)s2)c1. The van der Waals surface area contributed by atoms with Gasteiger partial charge in [0.2, 0.25) is 11.9 Å². The molecule has 4 aromatic heterocycles. The highest BCUT2D eigenvalue weighted by Gasteiger charge is 2.38. The molecular formula is C46H52N8O6S2. The molecule has 6 aromatic rings. The summed E-state index contributed by atoms with van der Waals surface area (Å²) in [6.07, 6.45) is 12.1. The number of nitrogens with one attached hydrogen (secondary N) is 2. The van der Waals surface area contributed by atoms with Crippen LogP contribution >= 0.6 is 22.7 Å². The zero-order valence-corrected chi connectivity index (χ0v) is 36.9. The number of carboxylic acids is 2. The molecular weight excluding hydrogens is 825 g/mol. The van der Waals surface area contributed by atoms with Crippen molar-refractivity contribution >= 4 is 57.9 Å². The Hall–Kier alpha value is -5.68. The fourth-order valence-electron chi connectivity index (χ4n) is 8.04. The fourth-order valence-corrected chi connectivity index (χ4v) is 10.1. The molecule has 0 amide bonds. The van der Waals surface area contributed by atoms with E-state index in [1.165, 1.54) is 0 Å². The van der Waals surface area contributed by atoms with Crippen molar-refractivity contribution in [2.75, 3.05) is 10.6 Å². The molecule has 14 nitrogen and oxygen atoms in total. The number of thiazole rings is 2. The third-order valence-electron chi connectivity index (χ3n) is 11.4. The monoisotopic (exact) mass is 876 g/mol. The van der Waals surface area contributed by atoms with E-state index in [0.717, 1.165) is 64.8 Å². The van der Waals surface area contributed by atoms with Crippen LogP contribution in [0.1, 0.15) is 83.9 Å². The zero-order valence-electron chi connectivity index (χ0n) is 35.3. The van der Waals surface area contributed by atoms with Crippen LogP contribution in [0.15, 0.2) is 73.3 Å². The molecule has 0 unspecified atom stereocenters. The number of nitrogens with zero attached hydrogens (tertiary/aromatic N) is 6. The Morgan fingerprint density at radius 3 is 1.35 bits per heavy atom. The lowest BCUT2D eigenvalue weighted by atomic mass is 9.77. The Labute approximate surface area is 368 Å². The standard InChI is InChI=1S/2C23H26N4O3S/c2*1-14-9-17(11-18(10-14)27-22-24-8-5-15(2)26-22)19-13-25-20(31-19)12-23(30)6-3-16(4-7-23)21(28)29/h2*5,8-11,13,16,30H,3-4,6-7,12H2,1-2H3,(H,28,29)(H,24,26,27). The predicted octanol–water partition coefficient (Wildman–Crippen LogP) is 9.02. The van der Waals surface area contributed by atoms with E-state index in [-0.39, 0.29) is 11.8 Å². The van der Waals surface area contributed by atoms with Crippen LogP contribution in [0.5, 0.6) is 0 Å². The molecule has 6 N–H and O–H groups in total. The summed E-state index contributed by atoms with van der Waals surface area (Å²) in [5.74, 6) is -1.11. The van der Waals surface area contributed by atoms with Crippen LogP contribution < -0.4 is 10.6 Å². The van der Waals surface area contributed by atoms with Crippen LogP contribution in [-0.4, -0.2) is 73.5 Å². The van der Waals surface area contributed by atoms with Crippen molar-refractivity contribution in [3.63, 3.8) is 0 Å². The molecule has 0 bridgehead atoms. The van der Waals surface area contributed by atoms with Gasteiger partial charge in [-0.25, -0.2) is 29.9 Å². The number of rotatable bonds is 12. The number of hydrogen-bond acceptors (Lipinski definition) is 14. The van der Waals surface area contributed by atoms with Gasteiger partial charge < -0.3 is 31.1 Å². The summed E-state index contributed by atoms with van der Waals surface area (Å²) in [4.78, 5) is 50.8. The first-order chi connectivity index (χ1) is 29.6. The molecule has 2 saturated carbocycles. The van der Waals surface area contributed by atoms with Crippen molar-refractivity contribution < 1.29 is 30.0 Å². The molecule has 0 spiro atoms. The maximum Gasteiger partial charge on any atom is 0.306 e. The lowest BCUT2D eigenvalue weighted by Crippen LogP contribution is -2.37. The number of aromatic nitrogens is 6. The second-order valence-corrected chi connectivity index (χ2v) is 19.0. The van der Waals surface area contributed by atoms with Gasteiger partial charge in [-0.05, 0) is 138 Å². The molecule has 4 heterocycles. The van der Waals surface area contributed by atoms with Gasteiger partial charge in [-0.2, -0.15) is 0 Å². The topological polar surface area (TPSA) is 216 Å². The lowest BCUT2D eigenvalue weighted by Gasteiger charge is -2.34. The molecule has 16 heteroatoms. The number of hydrogen-bond donors (Lipinski definition) is 6. The number of aryl methyl sites for hydroxylation is 4.